The molecular weight excluding hydrogens is 251 g/mol. The van der Waals surface area contributed by atoms with Crippen molar-refractivity contribution in [2.24, 2.45) is 0 Å². The first-order valence-corrected chi connectivity index (χ1v) is 6.06. The molecule has 19 heavy (non-hydrogen) atoms. The maximum atomic E-state index is 13.8. The molecule has 0 bridgehead atoms. The standard InChI is InChI=1S/C13H13FN2O3/c1-6-8(14)5-16-10(11(6)19-2)9(7-3-4-7)12(17)15-13(16)18/h5,7H,3-4H2,1-2H3,(H,15,17,18). The Hall–Kier alpha value is -2.11. The minimum atomic E-state index is -0.651. The van der Waals surface area contributed by atoms with Gasteiger partial charge in [-0.15, -0.1) is 0 Å². The summed E-state index contributed by atoms with van der Waals surface area (Å²) in [7, 11) is 1.41. The van der Waals surface area contributed by atoms with Gasteiger partial charge in [-0.05, 0) is 25.7 Å². The molecule has 1 aliphatic carbocycles. The molecule has 2 heterocycles. The fourth-order valence-electron chi connectivity index (χ4n) is 2.42. The third-order valence-corrected chi connectivity index (χ3v) is 3.53. The second-order valence-corrected chi connectivity index (χ2v) is 4.80. The number of hydrogen-bond donors (Lipinski definition) is 1. The predicted molar refractivity (Wildman–Crippen MR) is 67.5 cm³/mol. The van der Waals surface area contributed by atoms with E-state index in [-0.39, 0.29) is 11.7 Å². The highest BCUT2D eigenvalue weighted by molar-refractivity contribution is 5.69. The number of ether oxygens (including phenoxy) is 1. The van der Waals surface area contributed by atoms with Gasteiger partial charge in [-0.1, -0.05) is 0 Å². The average molecular weight is 264 g/mol. The number of methoxy groups -OCH3 is 1. The van der Waals surface area contributed by atoms with Crippen molar-refractivity contribution in [3.8, 4) is 5.75 Å². The summed E-state index contributed by atoms with van der Waals surface area (Å²) in [5, 5.41) is 0. The molecule has 0 saturated heterocycles. The third-order valence-electron chi connectivity index (χ3n) is 3.53. The maximum Gasteiger partial charge on any atom is 0.333 e. The predicted octanol–water partition coefficient (Wildman–Crippen LogP) is 1.32. The minimum Gasteiger partial charge on any atom is -0.494 e. The molecular formula is C13H13FN2O3. The monoisotopic (exact) mass is 264 g/mol. The largest absolute Gasteiger partial charge is 0.494 e. The van der Waals surface area contributed by atoms with Crippen LogP contribution in [-0.4, -0.2) is 16.5 Å². The molecule has 3 rings (SSSR count). The number of hydrogen-bond acceptors (Lipinski definition) is 3. The van der Waals surface area contributed by atoms with Crippen molar-refractivity contribution in [2.45, 2.75) is 25.7 Å². The third kappa shape index (κ3) is 1.67. The quantitative estimate of drug-likeness (QED) is 0.889. The number of H-pyrrole nitrogens is 1. The maximum absolute atomic E-state index is 13.8. The number of fused-ring (bicyclic) bond motifs is 1. The molecule has 5 nitrogen and oxygen atoms in total. The number of rotatable bonds is 2. The average Bonchev–Trinajstić information content (AvgIpc) is 3.17. The molecule has 6 heteroatoms. The molecule has 0 aliphatic heterocycles. The lowest BCUT2D eigenvalue weighted by atomic mass is 10.1. The molecule has 1 N–H and O–H groups in total. The van der Waals surface area contributed by atoms with Crippen molar-refractivity contribution in [1.82, 2.24) is 9.38 Å². The van der Waals surface area contributed by atoms with Crippen LogP contribution in [0.4, 0.5) is 4.39 Å². The van der Waals surface area contributed by atoms with Crippen LogP contribution in [-0.2, 0) is 0 Å². The summed E-state index contributed by atoms with van der Waals surface area (Å²) >= 11 is 0. The highest BCUT2D eigenvalue weighted by Gasteiger charge is 2.31. The minimum absolute atomic E-state index is 0.123. The molecule has 0 amide bonds. The van der Waals surface area contributed by atoms with E-state index < -0.39 is 17.1 Å². The van der Waals surface area contributed by atoms with Crippen LogP contribution in [0.3, 0.4) is 0 Å². The molecule has 1 saturated carbocycles. The summed E-state index contributed by atoms with van der Waals surface area (Å²) in [6.45, 7) is 1.57. The van der Waals surface area contributed by atoms with E-state index >= 15 is 0 Å². The summed E-state index contributed by atoms with van der Waals surface area (Å²) < 4.78 is 20.1. The van der Waals surface area contributed by atoms with Crippen LogP contribution in [0.15, 0.2) is 15.8 Å². The summed E-state index contributed by atoms with van der Waals surface area (Å²) in [5.74, 6) is -0.163. The van der Waals surface area contributed by atoms with E-state index in [2.05, 4.69) is 4.98 Å². The van der Waals surface area contributed by atoms with Gasteiger partial charge >= 0.3 is 5.69 Å². The van der Waals surface area contributed by atoms with Gasteiger partial charge in [0, 0.05) is 11.1 Å². The highest BCUT2D eigenvalue weighted by Crippen LogP contribution is 2.42. The van der Waals surface area contributed by atoms with E-state index in [9.17, 15) is 14.0 Å². The van der Waals surface area contributed by atoms with E-state index in [1.54, 1.807) is 6.92 Å². The van der Waals surface area contributed by atoms with E-state index in [4.69, 9.17) is 4.74 Å². The smallest absolute Gasteiger partial charge is 0.333 e. The van der Waals surface area contributed by atoms with Gasteiger partial charge < -0.3 is 4.74 Å². The molecule has 0 atom stereocenters. The number of aromatic amines is 1. The molecule has 0 radical (unpaired) electrons. The Balaban J connectivity index is 2.58. The van der Waals surface area contributed by atoms with Gasteiger partial charge in [0.05, 0.1) is 13.3 Å². The van der Waals surface area contributed by atoms with Crippen LogP contribution in [0.1, 0.15) is 29.9 Å². The van der Waals surface area contributed by atoms with Crippen molar-refractivity contribution < 1.29 is 9.13 Å². The van der Waals surface area contributed by atoms with Crippen LogP contribution in [0.2, 0.25) is 0 Å². The van der Waals surface area contributed by atoms with Crippen molar-refractivity contribution >= 4 is 5.52 Å². The topological polar surface area (TPSA) is 63.6 Å². The first-order valence-electron chi connectivity index (χ1n) is 6.06. The zero-order chi connectivity index (χ0) is 13.7. The van der Waals surface area contributed by atoms with Crippen molar-refractivity contribution in [2.75, 3.05) is 7.11 Å². The lowest BCUT2D eigenvalue weighted by Gasteiger charge is -2.13. The van der Waals surface area contributed by atoms with E-state index in [0.29, 0.717) is 16.6 Å². The zero-order valence-corrected chi connectivity index (χ0v) is 10.6. The molecule has 0 aromatic carbocycles. The van der Waals surface area contributed by atoms with Gasteiger partial charge in [0.2, 0.25) is 0 Å². The Morgan fingerprint density at radius 1 is 1.42 bits per heavy atom. The van der Waals surface area contributed by atoms with Crippen molar-refractivity contribution in [3.63, 3.8) is 0 Å². The normalized spacial score (nSPS) is 14.9. The summed E-state index contributed by atoms with van der Waals surface area (Å²) in [4.78, 5) is 26.0. The van der Waals surface area contributed by atoms with Gasteiger partial charge in [-0.3, -0.25) is 14.2 Å². The molecule has 100 valence electrons. The van der Waals surface area contributed by atoms with Gasteiger partial charge in [0.15, 0.2) is 0 Å². The lowest BCUT2D eigenvalue weighted by Crippen LogP contribution is -2.29. The second kappa shape index (κ2) is 3.94. The van der Waals surface area contributed by atoms with Gasteiger partial charge in [-0.25, -0.2) is 9.18 Å². The van der Waals surface area contributed by atoms with Gasteiger partial charge in [0.1, 0.15) is 17.1 Å². The van der Waals surface area contributed by atoms with Gasteiger partial charge in [-0.2, -0.15) is 0 Å². The van der Waals surface area contributed by atoms with Crippen LogP contribution < -0.4 is 16.0 Å². The Kier molecular flexibility index (Phi) is 2.48. The molecule has 0 spiro atoms. The molecule has 2 aromatic heterocycles. The number of nitrogens with zero attached hydrogens (tertiary/aromatic N) is 1. The zero-order valence-electron chi connectivity index (χ0n) is 10.6. The Morgan fingerprint density at radius 3 is 2.68 bits per heavy atom. The van der Waals surface area contributed by atoms with Crippen LogP contribution in [0.5, 0.6) is 5.75 Å². The van der Waals surface area contributed by atoms with Crippen molar-refractivity contribution in [3.05, 3.63) is 44.0 Å². The second-order valence-electron chi connectivity index (χ2n) is 4.80. The van der Waals surface area contributed by atoms with Crippen LogP contribution in [0, 0.1) is 12.7 Å². The number of halogens is 1. The molecule has 1 aliphatic rings. The SMILES string of the molecule is COc1c(C)c(F)cn2c(=O)[nH]c(=O)c(C3CC3)c12. The Labute approximate surface area is 107 Å². The fraction of sp³-hybridized carbons (Fsp3) is 0.385. The van der Waals surface area contributed by atoms with Gasteiger partial charge in [0.25, 0.3) is 5.56 Å². The molecule has 1 fully saturated rings. The van der Waals surface area contributed by atoms with E-state index in [1.165, 1.54) is 7.11 Å². The lowest BCUT2D eigenvalue weighted by molar-refractivity contribution is 0.408. The Morgan fingerprint density at radius 2 is 2.11 bits per heavy atom. The first kappa shape index (κ1) is 12.0. The van der Waals surface area contributed by atoms with E-state index in [1.807, 2.05) is 0 Å². The summed E-state index contributed by atoms with van der Waals surface area (Å²) in [6.07, 6.45) is 2.89. The number of nitrogens with one attached hydrogen (secondary N) is 1. The fourth-order valence-corrected chi connectivity index (χ4v) is 2.42. The summed E-state index contributed by atoms with van der Waals surface area (Å²) in [6, 6.07) is 0. The molecule has 2 aromatic rings. The number of aromatic nitrogens is 2. The first-order chi connectivity index (χ1) is 9.04. The highest BCUT2D eigenvalue weighted by atomic mass is 19.1. The molecule has 0 unspecified atom stereocenters. The number of pyridine rings is 1. The summed E-state index contributed by atoms with van der Waals surface area (Å²) in [5.41, 5.74) is 0.144. The van der Waals surface area contributed by atoms with Crippen molar-refractivity contribution in [1.29, 1.82) is 0 Å². The Bertz CT molecular complexity index is 787. The van der Waals surface area contributed by atoms with E-state index in [0.717, 1.165) is 23.4 Å². The van der Waals surface area contributed by atoms with Crippen LogP contribution in [0.25, 0.3) is 5.52 Å². The van der Waals surface area contributed by atoms with Crippen LogP contribution >= 0.6 is 0 Å².